The highest BCUT2D eigenvalue weighted by Gasteiger charge is 2.18. The molecule has 0 saturated heterocycles. The average molecular weight is 290 g/mol. The Hall–Kier alpha value is -2.25. The van der Waals surface area contributed by atoms with Crippen molar-refractivity contribution in [3.8, 4) is 5.95 Å². The molecule has 0 radical (unpaired) electrons. The molecule has 8 heteroatoms. The molecule has 1 N–H and O–H groups in total. The molecule has 0 aliphatic heterocycles. The molecule has 2 rings (SSSR count). The maximum atomic E-state index is 4.47. The Morgan fingerprint density at radius 2 is 2.00 bits per heavy atom. The molecule has 114 valence electrons. The number of aromatic nitrogens is 6. The van der Waals surface area contributed by atoms with Crippen LogP contribution in [0.15, 0.2) is 12.7 Å². The van der Waals surface area contributed by atoms with Gasteiger partial charge in [0.2, 0.25) is 11.9 Å². The highest BCUT2D eigenvalue weighted by Crippen LogP contribution is 2.18. The van der Waals surface area contributed by atoms with Gasteiger partial charge in [-0.15, -0.1) is 0 Å². The summed E-state index contributed by atoms with van der Waals surface area (Å²) in [4.78, 5) is 19.2. The monoisotopic (exact) mass is 290 g/mol. The molecule has 0 spiro atoms. The van der Waals surface area contributed by atoms with Gasteiger partial charge < -0.3 is 10.2 Å². The van der Waals surface area contributed by atoms with Crippen molar-refractivity contribution in [2.24, 2.45) is 5.41 Å². The van der Waals surface area contributed by atoms with Crippen LogP contribution in [-0.4, -0.2) is 49.9 Å². The van der Waals surface area contributed by atoms with Gasteiger partial charge in [0.05, 0.1) is 0 Å². The van der Waals surface area contributed by atoms with Gasteiger partial charge >= 0.3 is 0 Å². The van der Waals surface area contributed by atoms with Crippen molar-refractivity contribution in [1.82, 2.24) is 29.7 Å². The molecule has 0 aliphatic carbocycles. The molecule has 0 aromatic carbocycles. The van der Waals surface area contributed by atoms with Gasteiger partial charge in [0.15, 0.2) is 0 Å². The summed E-state index contributed by atoms with van der Waals surface area (Å²) in [6.07, 6.45) is 3.02. The lowest BCUT2D eigenvalue weighted by Crippen LogP contribution is -2.31. The third kappa shape index (κ3) is 4.11. The van der Waals surface area contributed by atoms with Gasteiger partial charge in [0.25, 0.3) is 5.95 Å². The van der Waals surface area contributed by atoms with Crippen molar-refractivity contribution in [3.63, 3.8) is 0 Å². The largest absolute Gasteiger partial charge is 0.354 e. The third-order valence-corrected chi connectivity index (χ3v) is 2.62. The zero-order valence-corrected chi connectivity index (χ0v) is 13.2. The first-order valence-electron chi connectivity index (χ1n) is 6.95. The van der Waals surface area contributed by atoms with E-state index in [4.69, 9.17) is 0 Å². The van der Waals surface area contributed by atoms with Crippen LogP contribution < -0.4 is 10.2 Å². The normalized spacial score (nSPS) is 11.5. The zero-order valence-electron chi connectivity index (χ0n) is 13.2. The molecule has 0 amide bonds. The summed E-state index contributed by atoms with van der Waals surface area (Å²) in [5.41, 5.74) is 0.146. The Kier molecular flexibility index (Phi) is 4.35. The summed E-state index contributed by atoms with van der Waals surface area (Å²) in [5, 5.41) is 7.19. The Bertz CT molecular complexity index is 572. The lowest BCUT2D eigenvalue weighted by molar-refractivity contribution is 0.416. The van der Waals surface area contributed by atoms with Gasteiger partial charge in [-0.25, -0.2) is 4.98 Å². The maximum absolute atomic E-state index is 4.47. The van der Waals surface area contributed by atoms with E-state index in [-0.39, 0.29) is 5.41 Å². The number of anilines is 2. The lowest BCUT2D eigenvalue weighted by atomic mass is 9.96. The fourth-order valence-electron chi connectivity index (χ4n) is 1.96. The first kappa shape index (κ1) is 15.1. The predicted octanol–water partition coefficient (Wildman–Crippen LogP) is 1.37. The van der Waals surface area contributed by atoms with Crippen molar-refractivity contribution in [1.29, 1.82) is 0 Å². The smallest absolute Gasteiger partial charge is 0.258 e. The summed E-state index contributed by atoms with van der Waals surface area (Å²) >= 11 is 0. The summed E-state index contributed by atoms with van der Waals surface area (Å²) < 4.78 is 1.52. The highest BCUT2D eigenvalue weighted by molar-refractivity contribution is 5.39. The van der Waals surface area contributed by atoms with Crippen molar-refractivity contribution >= 4 is 11.9 Å². The molecular weight excluding hydrogens is 268 g/mol. The Morgan fingerprint density at radius 3 is 2.57 bits per heavy atom. The zero-order chi connectivity index (χ0) is 15.5. The molecule has 21 heavy (non-hydrogen) atoms. The summed E-state index contributed by atoms with van der Waals surface area (Å²) in [6, 6.07) is 0. The van der Waals surface area contributed by atoms with Crippen molar-refractivity contribution in [2.45, 2.75) is 27.7 Å². The van der Waals surface area contributed by atoms with Crippen LogP contribution >= 0.6 is 0 Å². The van der Waals surface area contributed by atoms with E-state index < -0.39 is 0 Å². The maximum Gasteiger partial charge on any atom is 0.258 e. The number of hydrogen-bond acceptors (Lipinski definition) is 7. The van der Waals surface area contributed by atoms with Crippen LogP contribution in [0.25, 0.3) is 5.95 Å². The second-order valence-corrected chi connectivity index (χ2v) is 6.05. The Balaban J connectivity index is 2.36. The highest BCUT2D eigenvalue weighted by atomic mass is 15.4. The number of rotatable bonds is 5. The SMILES string of the molecule is CCNc1nc(N(C)CC(C)(C)C)nc(-n2cncn2)n1. The topological polar surface area (TPSA) is 84.7 Å². The van der Waals surface area contributed by atoms with Crippen molar-refractivity contribution in [3.05, 3.63) is 12.7 Å². The quantitative estimate of drug-likeness (QED) is 0.890. The molecule has 0 atom stereocenters. The Labute approximate surface area is 124 Å². The molecule has 2 heterocycles. The van der Waals surface area contributed by atoms with Crippen molar-refractivity contribution in [2.75, 3.05) is 30.4 Å². The van der Waals surface area contributed by atoms with Crippen LogP contribution in [-0.2, 0) is 0 Å². The minimum atomic E-state index is 0.146. The number of nitrogens with one attached hydrogen (secondary N) is 1. The van der Waals surface area contributed by atoms with Gasteiger partial charge in [-0.3, -0.25) is 0 Å². The van der Waals surface area contributed by atoms with Crippen LogP contribution in [0.2, 0.25) is 0 Å². The molecule has 0 saturated carbocycles. The molecule has 2 aromatic rings. The molecule has 0 unspecified atom stereocenters. The van der Waals surface area contributed by atoms with E-state index in [1.54, 1.807) is 6.33 Å². The molecule has 2 aromatic heterocycles. The molecule has 8 nitrogen and oxygen atoms in total. The van der Waals surface area contributed by atoms with E-state index in [1.165, 1.54) is 11.0 Å². The van der Waals surface area contributed by atoms with Gasteiger partial charge in [-0.05, 0) is 12.3 Å². The van der Waals surface area contributed by atoms with Gasteiger partial charge in [-0.1, -0.05) is 20.8 Å². The minimum absolute atomic E-state index is 0.146. The first-order chi connectivity index (χ1) is 9.89. The summed E-state index contributed by atoms with van der Waals surface area (Å²) in [7, 11) is 1.97. The second kappa shape index (κ2) is 6.02. The molecule has 0 bridgehead atoms. The van der Waals surface area contributed by atoms with Gasteiger partial charge in [0, 0.05) is 20.1 Å². The fraction of sp³-hybridized carbons (Fsp3) is 0.615. The number of hydrogen-bond donors (Lipinski definition) is 1. The molecule has 0 aliphatic rings. The summed E-state index contributed by atoms with van der Waals surface area (Å²) in [6.45, 7) is 10.1. The number of nitrogens with zero attached hydrogens (tertiary/aromatic N) is 7. The van der Waals surface area contributed by atoms with Crippen molar-refractivity contribution < 1.29 is 0 Å². The van der Waals surface area contributed by atoms with E-state index in [0.717, 1.165) is 13.1 Å². The van der Waals surface area contributed by atoms with Crippen LogP contribution in [0, 0.1) is 5.41 Å². The lowest BCUT2D eigenvalue weighted by Gasteiger charge is -2.26. The van der Waals surface area contributed by atoms with E-state index in [1.807, 2.05) is 18.9 Å². The predicted molar refractivity (Wildman–Crippen MR) is 81.6 cm³/mol. The molecule has 0 fully saturated rings. The molecular formula is C13H22N8. The average Bonchev–Trinajstić information content (AvgIpc) is 2.90. The second-order valence-electron chi connectivity index (χ2n) is 6.05. The fourth-order valence-corrected chi connectivity index (χ4v) is 1.96. The van der Waals surface area contributed by atoms with Crippen LogP contribution in [0.4, 0.5) is 11.9 Å². The van der Waals surface area contributed by atoms with Crippen LogP contribution in [0.1, 0.15) is 27.7 Å². The van der Waals surface area contributed by atoms with E-state index >= 15 is 0 Å². The van der Waals surface area contributed by atoms with Gasteiger partial charge in [0.1, 0.15) is 12.7 Å². The van der Waals surface area contributed by atoms with E-state index in [9.17, 15) is 0 Å². The van der Waals surface area contributed by atoms with Crippen LogP contribution in [0.3, 0.4) is 0 Å². The van der Waals surface area contributed by atoms with Gasteiger partial charge in [-0.2, -0.15) is 24.7 Å². The van der Waals surface area contributed by atoms with Crippen LogP contribution in [0.5, 0.6) is 0 Å². The minimum Gasteiger partial charge on any atom is -0.354 e. The third-order valence-electron chi connectivity index (χ3n) is 2.62. The summed E-state index contributed by atoms with van der Waals surface area (Å²) in [5.74, 6) is 1.60. The standard InChI is InChI=1S/C13H22N8/c1-6-15-10-17-11(20(5)7-13(2,3)4)19-12(18-10)21-9-14-8-16-21/h8-9H,6-7H2,1-5H3,(H,15,17,18,19). The first-order valence-corrected chi connectivity index (χ1v) is 6.95. The van der Waals surface area contributed by atoms with E-state index in [2.05, 4.69) is 51.1 Å². The Morgan fingerprint density at radius 1 is 1.24 bits per heavy atom. The van der Waals surface area contributed by atoms with E-state index in [0.29, 0.717) is 17.8 Å².